The predicted octanol–water partition coefficient (Wildman–Crippen LogP) is 1.54. The van der Waals surface area contributed by atoms with Gasteiger partial charge in [-0.1, -0.05) is 15.9 Å². The van der Waals surface area contributed by atoms with Gasteiger partial charge in [0.25, 0.3) is 5.91 Å². The molecule has 0 radical (unpaired) electrons. The maximum atomic E-state index is 11.5. The van der Waals surface area contributed by atoms with Crippen LogP contribution in [0.1, 0.15) is 6.42 Å². The van der Waals surface area contributed by atoms with Crippen molar-refractivity contribution in [2.45, 2.75) is 12.5 Å². The minimum absolute atomic E-state index is 0.0525. The van der Waals surface area contributed by atoms with Gasteiger partial charge >= 0.3 is 5.97 Å². The summed E-state index contributed by atoms with van der Waals surface area (Å²) in [6.45, 7) is -0.124. The molecule has 0 aliphatic heterocycles. The molecule has 1 atom stereocenters. The third-order valence-corrected chi connectivity index (χ3v) is 3.39. The summed E-state index contributed by atoms with van der Waals surface area (Å²) in [7, 11) is 0. The lowest BCUT2D eigenvalue weighted by Gasteiger charge is -2.10. The molecule has 0 bridgehead atoms. The van der Waals surface area contributed by atoms with Crippen molar-refractivity contribution < 1.29 is 24.5 Å². The van der Waals surface area contributed by atoms with Crippen LogP contribution >= 0.6 is 31.9 Å². The Morgan fingerprint density at radius 3 is 2.65 bits per heavy atom. The number of carboxylic acids is 1. The maximum absolute atomic E-state index is 11.5. The molecule has 0 unspecified atom stereocenters. The summed E-state index contributed by atoms with van der Waals surface area (Å²) in [5.74, 6) is -1.18. The molecular weight excluding hydrogens is 398 g/mol. The van der Waals surface area contributed by atoms with Gasteiger partial charge in [-0.25, -0.2) is 4.79 Å². The zero-order valence-corrected chi connectivity index (χ0v) is 13.5. The average molecular weight is 411 g/mol. The third kappa shape index (κ3) is 5.89. The second kappa shape index (κ2) is 8.23. The Labute approximate surface area is 132 Å². The van der Waals surface area contributed by atoms with Gasteiger partial charge in [0.2, 0.25) is 0 Å². The van der Waals surface area contributed by atoms with Crippen LogP contribution in [0.3, 0.4) is 0 Å². The van der Waals surface area contributed by atoms with Gasteiger partial charge in [-0.2, -0.15) is 0 Å². The molecule has 1 amide bonds. The van der Waals surface area contributed by atoms with Crippen LogP contribution in [-0.4, -0.2) is 41.3 Å². The number of ether oxygens (including phenoxy) is 1. The van der Waals surface area contributed by atoms with E-state index in [1.807, 2.05) is 0 Å². The highest BCUT2D eigenvalue weighted by Crippen LogP contribution is 2.27. The molecule has 0 aromatic heterocycles. The van der Waals surface area contributed by atoms with E-state index in [1.165, 1.54) is 0 Å². The number of carboxylic acid groups (broad SMARTS) is 1. The molecule has 110 valence electrons. The van der Waals surface area contributed by atoms with Gasteiger partial charge in [-0.3, -0.25) is 4.79 Å². The maximum Gasteiger partial charge on any atom is 0.332 e. The van der Waals surface area contributed by atoms with Gasteiger partial charge in [-0.05, 0) is 34.1 Å². The summed E-state index contributed by atoms with van der Waals surface area (Å²) in [6.07, 6.45) is -1.53. The molecular formula is C12H13Br2NO5. The molecule has 8 heteroatoms. The van der Waals surface area contributed by atoms with Crippen molar-refractivity contribution in [1.29, 1.82) is 0 Å². The van der Waals surface area contributed by atoms with E-state index in [0.717, 1.165) is 4.47 Å². The first-order valence-electron chi connectivity index (χ1n) is 5.65. The number of aliphatic hydroxyl groups is 1. The summed E-state index contributed by atoms with van der Waals surface area (Å²) in [6, 6.07) is 5.27. The fourth-order valence-electron chi connectivity index (χ4n) is 1.26. The highest BCUT2D eigenvalue weighted by atomic mass is 79.9. The van der Waals surface area contributed by atoms with Crippen molar-refractivity contribution in [2.75, 3.05) is 13.2 Å². The number of aliphatic hydroxyl groups excluding tert-OH is 1. The number of hydrogen-bond acceptors (Lipinski definition) is 4. The van der Waals surface area contributed by atoms with Crippen molar-refractivity contribution in [3.05, 3.63) is 27.1 Å². The number of aliphatic carboxylic acids is 1. The molecule has 6 nitrogen and oxygen atoms in total. The van der Waals surface area contributed by atoms with Crippen molar-refractivity contribution >= 4 is 43.7 Å². The van der Waals surface area contributed by atoms with Gasteiger partial charge in [0.1, 0.15) is 5.75 Å². The zero-order valence-electron chi connectivity index (χ0n) is 10.3. The van der Waals surface area contributed by atoms with Crippen molar-refractivity contribution in [3.63, 3.8) is 0 Å². The van der Waals surface area contributed by atoms with E-state index in [0.29, 0.717) is 10.2 Å². The molecule has 0 aliphatic rings. The van der Waals surface area contributed by atoms with E-state index in [4.69, 9.17) is 14.9 Å². The molecule has 1 aromatic carbocycles. The van der Waals surface area contributed by atoms with Crippen LogP contribution in [0.4, 0.5) is 0 Å². The van der Waals surface area contributed by atoms with Crippen LogP contribution in [0.5, 0.6) is 5.75 Å². The van der Waals surface area contributed by atoms with Crippen molar-refractivity contribution in [1.82, 2.24) is 5.32 Å². The Balaban J connectivity index is 2.31. The van der Waals surface area contributed by atoms with Crippen LogP contribution in [0.2, 0.25) is 0 Å². The smallest absolute Gasteiger partial charge is 0.332 e. The van der Waals surface area contributed by atoms with Crippen molar-refractivity contribution in [3.8, 4) is 5.75 Å². The monoisotopic (exact) mass is 409 g/mol. The van der Waals surface area contributed by atoms with Crippen LogP contribution in [0, 0.1) is 0 Å². The first-order chi connectivity index (χ1) is 9.40. The van der Waals surface area contributed by atoms with Crippen LogP contribution in [0.15, 0.2) is 27.1 Å². The first kappa shape index (κ1) is 16.9. The van der Waals surface area contributed by atoms with Crippen LogP contribution in [-0.2, 0) is 9.59 Å². The summed E-state index contributed by atoms with van der Waals surface area (Å²) < 4.78 is 6.89. The van der Waals surface area contributed by atoms with E-state index in [2.05, 4.69) is 37.2 Å². The van der Waals surface area contributed by atoms with Gasteiger partial charge in [0, 0.05) is 17.4 Å². The fraction of sp³-hybridized carbons (Fsp3) is 0.333. The second-order valence-corrected chi connectivity index (χ2v) is 5.63. The number of benzene rings is 1. The molecule has 0 spiro atoms. The minimum Gasteiger partial charge on any atom is -0.483 e. The molecule has 0 heterocycles. The van der Waals surface area contributed by atoms with E-state index >= 15 is 0 Å². The molecule has 0 fully saturated rings. The Morgan fingerprint density at radius 1 is 1.35 bits per heavy atom. The molecule has 1 rings (SSSR count). The van der Waals surface area contributed by atoms with E-state index in [-0.39, 0.29) is 19.6 Å². The molecule has 20 heavy (non-hydrogen) atoms. The second-order valence-electron chi connectivity index (χ2n) is 3.86. The molecule has 1 aromatic rings. The lowest BCUT2D eigenvalue weighted by molar-refractivity contribution is -0.147. The van der Waals surface area contributed by atoms with Crippen LogP contribution < -0.4 is 10.1 Å². The third-order valence-electron chi connectivity index (χ3n) is 2.28. The van der Waals surface area contributed by atoms with Gasteiger partial charge in [0.05, 0.1) is 4.47 Å². The van der Waals surface area contributed by atoms with Gasteiger partial charge in [-0.15, -0.1) is 0 Å². The summed E-state index contributed by atoms with van der Waals surface area (Å²) >= 11 is 6.60. The Kier molecular flexibility index (Phi) is 6.97. The Hall–Kier alpha value is -1.12. The number of rotatable bonds is 7. The molecule has 0 saturated carbocycles. The van der Waals surface area contributed by atoms with Crippen LogP contribution in [0.25, 0.3) is 0 Å². The summed E-state index contributed by atoms with van der Waals surface area (Å²) in [5, 5.41) is 19.9. The Morgan fingerprint density at radius 2 is 2.05 bits per heavy atom. The number of hydrogen-bond donors (Lipinski definition) is 3. The number of halogens is 2. The highest BCUT2D eigenvalue weighted by Gasteiger charge is 2.13. The van der Waals surface area contributed by atoms with E-state index < -0.39 is 18.0 Å². The number of nitrogens with one attached hydrogen (secondary N) is 1. The zero-order chi connectivity index (χ0) is 15.1. The standard InChI is InChI=1S/C12H13Br2NO5/c13-7-1-2-10(8(14)5-7)20-6-11(17)15-4-3-9(16)12(18)19/h1-2,5,9,16H,3-4,6H2,(H,15,17)(H,18,19)/t9-/m0/s1. The highest BCUT2D eigenvalue weighted by molar-refractivity contribution is 9.11. The molecule has 0 saturated heterocycles. The van der Waals surface area contributed by atoms with E-state index in [1.54, 1.807) is 18.2 Å². The SMILES string of the molecule is O=C(COc1ccc(Br)cc1Br)NCC[C@H](O)C(=O)O. The summed E-state index contributed by atoms with van der Waals surface area (Å²) in [5.41, 5.74) is 0. The minimum atomic E-state index is -1.48. The number of amides is 1. The topological polar surface area (TPSA) is 95.9 Å². The lowest BCUT2D eigenvalue weighted by Crippen LogP contribution is -2.33. The quantitative estimate of drug-likeness (QED) is 0.633. The normalized spacial score (nSPS) is 11.8. The van der Waals surface area contributed by atoms with Crippen molar-refractivity contribution in [2.24, 2.45) is 0 Å². The molecule has 0 aliphatic carbocycles. The first-order valence-corrected chi connectivity index (χ1v) is 7.24. The predicted molar refractivity (Wildman–Crippen MR) is 78.6 cm³/mol. The largest absolute Gasteiger partial charge is 0.483 e. The lowest BCUT2D eigenvalue weighted by atomic mass is 10.2. The average Bonchev–Trinajstić information content (AvgIpc) is 2.37. The number of carbonyl (C=O) groups excluding carboxylic acids is 1. The fourth-order valence-corrected chi connectivity index (χ4v) is 2.42. The molecule has 3 N–H and O–H groups in total. The summed E-state index contributed by atoms with van der Waals surface area (Å²) in [4.78, 5) is 21.8. The Bertz CT molecular complexity index is 495. The van der Waals surface area contributed by atoms with Gasteiger partial charge < -0.3 is 20.3 Å². The van der Waals surface area contributed by atoms with Gasteiger partial charge in [0.15, 0.2) is 12.7 Å². The van der Waals surface area contributed by atoms with E-state index in [9.17, 15) is 9.59 Å². The number of carbonyl (C=O) groups is 2.